The van der Waals surface area contributed by atoms with Gasteiger partial charge in [-0.3, -0.25) is 14.6 Å². The fraction of sp³-hybridized carbons (Fsp3) is 0.222. The van der Waals surface area contributed by atoms with Crippen LogP contribution in [0.15, 0.2) is 96.2 Å². The summed E-state index contributed by atoms with van der Waals surface area (Å²) in [5, 5.41) is 2.89. The van der Waals surface area contributed by atoms with Crippen molar-refractivity contribution in [3.8, 4) is 0 Å². The summed E-state index contributed by atoms with van der Waals surface area (Å²) >= 11 is 0. The maximum absolute atomic E-state index is 13.7. The minimum atomic E-state index is -0.598. The molecule has 2 aliphatic rings. The molecule has 0 unspecified atom stereocenters. The number of allylic oxidation sites excluding steroid dienone is 5. The molecule has 1 saturated carbocycles. The summed E-state index contributed by atoms with van der Waals surface area (Å²) in [6.07, 6.45) is 16.2. The topological polar surface area (TPSA) is 58.5 Å². The first-order valence-corrected chi connectivity index (χ1v) is 10.8. The third kappa shape index (κ3) is 4.64. The van der Waals surface area contributed by atoms with Gasteiger partial charge in [0, 0.05) is 23.0 Å². The average molecular weight is 411 g/mol. The summed E-state index contributed by atoms with van der Waals surface area (Å²) in [4.78, 5) is 30.8. The van der Waals surface area contributed by atoms with Crippen LogP contribution in [0, 0.1) is 5.41 Å². The number of amides is 1. The number of nitrogens with zero attached hydrogens (tertiary/aromatic N) is 1. The van der Waals surface area contributed by atoms with Crippen LogP contribution in [0.5, 0.6) is 0 Å². The van der Waals surface area contributed by atoms with Crippen LogP contribution in [0.25, 0.3) is 0 Å². The molecular weight excluding hydrogens is 384 g/mol. The number of aliphatic imine (C=N–C) groups is 1. The first-order valence-electron chi connectivity index (χ1n) is 10.8. The van der Waals surface area contributed by atoms with Crippen molar-refractivity contribution < 1.29 is 9.59 Å². The number of rotatable bonds is 5. The Labute approximate surface area is 183 Å². The quantitative estimate of drug-likeness (QED) is 0.601. The molecule has 1 amide bonds. The number of benzene rings is 2. The van der Waals surface area contributed by atoms with Gasteiger partial charge in [0.05, 0.1) is 11.1 Å². The molecule has 4 rings (SSSR count). The van der Waals surface area contributed by atoms with Crippen LogP contribution in [0.1, 0.15) is 52.8 Å². The molecule has 31 heavy (non-hydrogen) atoms. The van der Waals surface area contributed by atoms with Gasteiger partial charge in [-0.15, -0.1) is 0 Å². The summed E-state index contributed by atoms with van der Waals surface area (Å²) in [6, 6.07) is 16.3. The second-order valence-electron chi connectivity index (χ2n) is 7.97. The molecule has 4 nitrogen and oxygen atoms in total. The van der Waals surface area contributed by atoms with Gasteiger partial charge in [0.2, 0.25) is 0 Å². The predicted octanol–water partition coefficient (Wildman–Crippen LogP) is 6.15. The van der Waals surface area contributed by atoms with E-state index in [4.69, 9.17) is 0 Å². The van der Waals surface area contributed by atoms with Crippen LogP contribution < -0.4 is 5.32 Å². The third-order valence-corrected chi connectivity index (χ3v) is 5.96. The zero-order valence-corrected chi connectivity index (χ0v) is 17.5. The number of anilines is 1. The lowest BCUT2D eigenvalue weighted by Gasteiger charge is -2.36. The lowest BCUT2D eigenvalue weighted by atomic mass is 9.66. The highest BCUT2D eigenvalue weighted by Crippen LogP contribution is 2.41. The second-order valence-corrected chi connectivity index (χ2v) is 7.97. The van der Waals surface area contributed by atoms with Crippen LogP contribution >= 0.6 is 0 Å². The van der Waals surface area contributed by atoms with E-state index < -0.39 is 5.41 Å². The first-order chi connectivity index (χ1) is 15.2. The van der Waals surface area contributed by atoms with Gasteiger partial charge >= 0.3 is 0 Å². The summed E-state index contributed by atoms with van der Waals surface area (Å²) < 4.78 is 0. The normalized spacial score (nSPS) is 17.4. The Morgan fingerprint density at radius 1 is 0.774 bits per heavy atom. The summed E-state index contributed by atoms with van der Waals surface area (Å²) in [5.41, 5.74) is 2.15. The molecule has 156 valence electrons. The smallest absolute Gasteiger partial charge is 0.255 e. The molecule has 0 radical (unpaired) electrons. The second kappa shape index (κ2) is 9.52. The molecular formula is C27H26N2O2. The molecule has 1 fully saturated rings. The fourth-order valence-corrected chi connectivity index (χ4v) is 4.30. The van der Waals surface area contributed by atoms with E-state index in [1.54, 1.807) is 30.5 Å². The minimum Gasteiger partial charge on any atom is -0.322 e. The number of Topliss-reactive ketones (excluding diaryl/α,β-unsaturated/α-hetero) is 1. The molecule has 4 heteroatoms. The summed E-state index contributed by atoms with van der Waals surface area (Å²) in [7, 11) is 0. The highest BCUT2D eigenvalue weighted by atomic mass is 16.1. The Kier molecular flexibility index (Phi) is 6.37. The van der Waals surface area contributed by atoms with Crippen LogP contribution in [0.3, 0.4) is 0 Å². The zero-order valence-electron chi connectivity index (χ0n) is 17.5. The van der Waals surface area contributed by atoms with E-state index in [9.17, 15) is 9.59 Å². The van der Waals surface area contributed by atoms with Gasteiger partial charge in [0.15, 0.2) is 5.78 Å². The molecule has 1 N–H and O–H groups in total. The Hall–Kier alpha value is -3.53. The van der Waals surface area contributed by atoms with Crippen molar-refractivity contribution in [1.29, 1.82) is 0 Å². The lowest BCUT2D eigenvalue weighted by molar-refractivity contribution is 0.0827. The Morgan fingerprint density at radius 2 is 1.48 bits per heavy atom. The average Bonchev–Trinajstić information content (AvgIpc) is 2.80. The van der Waals surface area contributed by atoms with E-state index in [0.29, 0.717) is 16.8 Å². The van der Waals surface area contributed by atoms with E-state index in [1.807, 2.05) is 60.7 Å². The number of carbonyl (C=O) groups excluding carboxylic acids is 2. The van der Waals surface area contributed by atoms with Crippen LogP contribution in [0.2, 0.25) is 0 Å². The first kappa shape index (κ1) is 20.7. The molecule has 0 bridgehead atoms. The van der Waals surface area contributed by atoms with Crippen molar-refractivity contribution >= 4 is 23.1 Å². The van der Waals surface area contributed by atoms with Crippen molar-refractivity contribution in [2.24, 2.45) is 10.4 Å². The van der Waals surface area contributed by atoms with Gasteiger partial charge in [-0.05, 0) is 61.4 Å². The van der Waals surface area contributed by atoms with E-state index >= 15 is 0 Å². The Morgan fingerprint density at radius 3 is 2.23 bits per heavy atom. The Balaban J connectivity index is 1.57. The molecule has 1 aliphatic carbocycles. The highest BCUT2D eigenvalue weighted by Gasteiger charge is 2.43. The molecule has 0 spiro atoms. The number of nitrogens with one attached hydrogen (secondary N) is 1. The predicted molar refractivity (Wildman–Crippen MR) is 126 cm³/mol. The fourth-order valence-electron chi connectivity index (χ4n) is 4.30. The summed E-state index contributed by atoms with van der Waals surface area (Å²) in [5.74, 6) is -0.0632. The van der Waals surface area contributed by atoms with E-state index in [-0.39, 0.29) is 11.7 Å². The largest absolute Gasteiger partial charge is 0.322 e. The van der Waals surface area contributed by atoms with Gasteiger partial charge in [-0.25, -0.2) is 0 Å². The molecule has 1 heterocycles. The number of hydrogen-bond donors (Lipinski definition) is 1. The third-order valence-electron chi connectivity index (χ3n) is 5.96. The Bertz CT molecular complexity index is 1050. The van der Waals surface area contributed by atoms with Crippen molar-refractivity contribution in [3.63, 3.8) is 0 Å². The number of carbonyl (C=O) groups is 2. The van der Waals surface area contributed by atoms with E-state index in [2.05, 4.69) is 10.3 Å². The minimum absolute atomic E-state index is 0.106. The van der Waals surface area contributed by atoms with Crippen LogP contribution in [-0.4, -0.2) is 17.4 Å². The molecule has 2 aromatic rings. The van der Waals surface area contributed by atoms with Gasteiger partial charge in [-0.1, -0.05) is 55.7 Å². The van der Waals surface area contributed by atoms with Crippen molar-refractivity contribution in [3.05, 3.63) is 102 Å². The van der Waals surface area contributed by atoms with E-state index in [1.165, 1.54) is 0 Å². The van der Waals surface area contributed by atoms with Crippen LogP contribution in [-0.2, 0) is 0 Å². The van der Waals surface area contributed by atoms with Crippen molar-refractivity contribution in [2.45, 2.75) is 32.1 Å². The molecule has 0 aromatic heterocycles. The molecule has 2 aromatic carbocycles. The monoisotopic (exact) mass is 410 g/mol. The van der Waals surface area contributed by atoms with Gasteiger partial charge in [-0.2, -0.15) is 0 Å². The highest BCUT2D eigenvalue weighted by molar-refractivity contribution is 6.20. The number of hydrogen-bond acceptors (Lipinski definition) is 3. The maximum atomic E-state index is 13.7. The molecule has 0 saturated heterocycles. The van der Waals surface area contributed by atoms with Gasteiger partial charge < -0.3 is 5.32 Å². The zero-order chi connectivity index (χ0) is 21.5. The van der Waals surface area contributed by atoms with Crippen molar-refractivity contribution in [2.75, 3.05) is 5.32 Å². The molecule has 1 aliphatic heterocycles. The standard InChI is InChI=1S/C27H26N2O2/c30-25(27(18-8-4-9-19-27)24-13-7-1-2-10-20-28-24)21-14-16-23(17-15-21)29-26(31)22-11-5-3-6-12-22/h1-3,5-7,10-17,20H,4,8-9,18-19H2,(H,29,31). The van der Waals surface area contributed by atoms with Crippen molar-refractivity contribution in [1.82, 2.24) is 0 Å². The lowest BCUT2D eigenvalue weighted by Crippen LogP contribution is -2.40. The number of ketones is 1. The van der Waals surface area contributed by atoms with E-state index in [0.717, 1.165) is 37.8 Å². The SMILES string of the molecule is O=C(Nc1ccc(C(=O)C2(C3=NC=CC=CC=C3)CCCCC2)cc1)c1ccccc1. The van der Waals surface area contributed by atoms with Gasteiger partial charge in [0.1, 0.15) is 0 Å². The van der Waals surface area contributed by atoms with Gasteiger partial charge in [0.25, 0.3) is 5.91 Å². The molecule has 0 atom stereocenters. The van der Waals surface area contributed by atoms with Crippen LogP contribution in [0.4, 0.5) is 5.69 Å². The maximum Gasteiger partial charge on any atom is 0.255 e. The summed E-state index contributed by atoms with van der Waals surface area (Å²) in [6.45, 7) is 0.